The Bertz CT molecular complexity index is 321. The Hall–Kier alpha value is -1.29. The lowest BCUT2D eigenvalue weighted by molar-refractivity contribution is -0.125. The minimum absolute atomic E-state index is 0.0972. The lowest BCUT2D eigenvalue weighted by atomic mass is 9.97. The Balaban J connectivity index is 1.82. The molecule has 1 aromatic rings. The Labute approximate surface area is 89.0 Å². The summed E-state index contributed by atoms with van der Waals surface area (Å²) in [7, 11) is 0. The minimum atomic E-state index is 0.0972. The lowest BCUT2D eigenvalue weighted by Crippen LogP contribution is -2.33. The van der Waals surface area contributed by atoms with Gasteiger partial charge in [-0.05, 0) is 24.6 Å². The Kier molecular flexibility index (Phi) is 3.06. The van der Waals surface area contributed by atoms with Gasteiger partial charge in [-0.15, -0.1) is 0 Å². The van der Waals surface area contributed by atoms with Gasteiger partial charge in [0.25, 0.3) is 0 Å². The van der Waals surface area contributed by atoms with Crippen molar-refractivity contribution in [2.45, 2.75) is 13.5 Å². The highest BCUT2D eigenvalue weighted by atomic mass is 16.3. The van der Waals surface area contributed by atoms with Crippen LogP contribution >= 0.6 is 0 Å². The predicted octanol–water partition coefficient (Wildman–Crippen LogP) is 0.751. The highest BCUT2D eigenvalue weighted by Crippen LogP contribution is 2.15. The van der Waals surface area contributed by atoms with Crippen LogP contribution in [-0.4, -0.2) is 19.0 Å². The van der Waals surface area contributed by atoms with Crippen LogP contribution in [0.5, 0.6) is 0 Å². The maximum absolute atomic E-state index is 11.8. The van der Waals surface area contributed by atoms with Crippen molar-refractivity contribution in [2.24, 2.45) is 11.8 Å². The number of furan rings is 1. The number of nitrogens with one attached hydrogen (secondary N) is 2. The third-order valence-corrected chi connectivity index (χ3v) is 2.87. The smallest absolute Gasteiger partial charge is 0.225 e. The van der Waals surface area contributed by atoms with Gasteiger partial charge in [-0.25, -0.2) is 0 Å². The van der Waals surface area contributed by atoms with Crippen LogP contribution in [0, 0.1) is 11.8 Å². The predicted molar refractivity (Wildman–Crippen MR) is 56.1 cm³/mol. The maximum Gasteiger partial charge on any atom is 0.225 e. The van der Waals surface area contributed by atoms with Crippen LogP contribution in [-0.2, 0) is 11.3 Å². The summed E-state index contributed by atoms with van der Waals surface area (Å²) < 4.78 is 5.14. The van der Waals surface area contributed by atoms with Crippen LogP contribution in [0.25, 0.3) is 0 Å². The van der Waals surface area contributed by atoms with Gasteiger partial charge in [0, 0.05) is 6.54 Å². The van der Waals surface area contributed by atoms with Crippen molar-refractivity contribution < 1.29 is 9.21 Å². The molecule has 1 aliphatic rings. The summed E-state index contributed by atoms with van der Waals surface area (Å²) in [6, 6.07) is 3.68. The van der Waals surface area contributed by atoms with Crippen LogP contribution in [0.2, 0.25) is 0 Å². The zero-order valence-electron chi connectivity index (χ0n) is 8.82. The molecule has 0 aromatic carbocycles. The number of amides is 1. The fourth-order valence-electron chi connectivity index (χ4n) is 1.88. The first kappa shape index (κ1) is 10.2. The molecule has 0 spiro atoms. The summed E-state index contributed by atoms with van der Waals surface area (Å²) >= 11 is 0. The number of hydrogen-bond donors (Lipinski definition) is 2. The van der Waals surface area contributed by atoms with Crippen molar-refractivity contribution in [3.63, 3.8) is 0 Å². The lowest BCUT2D eigenvalue weighted by Gasteiger charge is -2.13. The topological polar surface area (TPSA) is 54.3 Å². The molecular weight excluding hydrogens is 192 g/mol. The maximum atomic E-state index is 11.8. The molecule has 2 rings (SSSR count). The van der Waals surface area contributed by atoms with E-state index >= 15 is 0 Å². The first-order valence-electron chi connectivity index (χ1n) is 5.28. The molecule has 82 valence electrons. The highest BCUT2D eigenvalue weighted by Gasteiger charge is 2.29. The third kappa shape index (κ3) is 2.39. The van der Waals surface area contributed by atoms with Crippen molar-refractivity contribution in [3.8, 4) is 0 Å². The SMILES string of the molecule is CC1CNCC1C(=O)NCc1ccco1. The van der Waals surface area contributed by atoms with Crippen molar-refractivity contribution in [2.75, 3.05) is 13.1 Å². The summed E-state index contributed by atoms with van der Waals surface area (Å²) in [5.74, 6) is 1.42. The molecule has 0 radical (unpaired) electrons. The number of carbonyl (C=O) groups is 1. The second kappa shape index (κ2) is 4.49. The third-order valence-electron chi connectivity index (χ3n) is 2.87. The molecule has 1 amide bonds. The first-order valence-corrected chi connectivity index (χ1v) is 5.28. The standard InChI is InChI=1S/C11H16N2O2/c1-8-5-12-7-10(8)11(14)13-6-9-3-2-4-15-9/h2-4,8,10,12H,5-7H2,1H3,(H,13,14). The molecule has 1 aliphatic heterocycles. The Morgan fingerprint density at radius 3 is 3.13 bits per heavy atom. The van der Waals surface area contributed by atoms with E-state index in [1.807, 2.05) is 12.1 Å². The Morgan fingerprint density at radius 2 is 2.53 bits per heavy atom. The molecule has 4 nitrogen and oxygen atoms in total. The summed E-state index contributed by atoms with van der Waals surface area (Å²) in [6.07, 6.45) is 1.61. The van der Waals surface area contributed by atoms with Crippen molar-refractivity contribution >= 4 is 5.91 Å². The number of hydrogen-bond acceptors (Lipinski definition) is 3. The van der Waals surface area contributed by atoms with Gasteiger partial charge in [0.1, 0.15) is 5.76 Å². The summed E-state index contributed by atoms with van der Waals surface area (Å²) in [5.41, 5.74) is 0. The van der Waals surface area contributed by atoms with E-state index in [9.17, 15) is 4.79 Å². The van der Waals surface area contributed by atoms with E-state index in [0.29, 0.717) is 12.5 Å². The van der Waals surface area contributed by atoms with Gasteiger partial charge in [-0.1, -0.05) is 6.92 Å². The molecule has 2 atom stereocenters. The molecule has 0 saturated carbocycles. The van der Waals surface area contributed by atoms with Crippen LogP contribution < -0.4 is 10.6 Å². The van der Waals surface area contributed by atoms with Crippen LogP contribution in [0.4, 0.5) is 0 Å². The highest BCUT2D eigenvalue weighted by molar-refractivity contribution is 5.79. The first-order chi connectivity index (χ1) is 7.27. The molecule has 0 bridgehead atoms. The molecule has 4 heteroatoms. The van der Waals surface area contributed by atoms with Gasteiger partial charge in [-0.3, -0.25) is 4.79 Å². The van der Waals surface area contributed by atoms with Crippen molar-refractivity contribution in [1.82, 2.24) is 10.6 Å². The molecule has 15 heavy (non-hydrogen) atoms. The molecule has 1 aromatic heterocycles. The van der Waals surface area contributed by atoms with Crippen molar-refractivity contribution in [1.29, 1.82) is 0 Å². The molecular formula is C11H16N2O2. The second-order valence-corrected chi connectivity index (χ2v) is 4.04. The van der Waals surface area contributed by atoms with Gasteiger partial charge >= 0.3 is 0 Å². The van der Waals surface area contributed by atoms with Gasteiger partial charge < -0.3 is 15.1 Å². The number of rotatable bonds is 3. The molecule has 2 heterocycles. The molecule has 1 fully saturated rings. The van der Waals surface area contributed by atoms with Gasteiger partial charge in [0.05, 0.1) is 18.7 Å². The van der Waals surface area contributed by atoms with E-state index in [1.165, 1.54) is 0 Å². The number of carbonyl (C=O) groups excluding carboxylic acids is 1. The summed E-state index contributed by atoms with van der Waals surface area (Å²) in [4.78, 5) is 11.8. The van der Waals surface area contributed by atoms with Gasteiger partial charge in [0.15, 0.2) is 0 Å². The summed E-state index contributed by atoms with van der Waals surface area (Å²) in [6.45, 7) is 4.29. The van der Waals surface area contributed by atoms with Gasteiger partial charge in [-0.2, -0.15) is 0 Å². The van der Waals surface area contributed by atoms with E-state index in [2.05, 4.69) is 17.6 Å². The van der Waals surface area contributed by atoms with E-state index in [0.717, 1.165) is 18.8 Å². The van der Waals surface area contributed by atoms with Crippen LogP contribution in [0.1, 0.15) is 12.7 Å². The van der Waals surface area contributed by atoms with Crippen molar-refractivity contribution in [3.05, 3.63) is 24.2 Å². The van der Waals surface area contributed by atoms with Crippen LogP contribution in [0.3, 0.4) is 0 Å². The quantitative estimate of drug-likeness (QED) is 0.770. The van der Waals surface area contributed by atoms with E-state index in [4.69, 9.17) is 4.42 Å². The Morgan fingerprint density at radius 1 is 1.67 bits per heavy atom. The zero-order valence-corrected chi connectivity index (χ0v) is 8.82. The van der Waals surface area contributed by atoms with E-state index < -0.39 is 0 Å². The molecule has 2 unspecified atom stereocenters. The monoisotopic (exact) mass is 208 g/mol. The molecule has 1 saturated heterocycles. The molecule has 0 aliphatic carbocycles. The van der Waals surface area contributed by atoms with Gasteiger partial charge in [0.2, 0.25) is 5.91 Å². The fourth-order valence-corrected chi connectivity index (χ4v) is 1.88. The minimum Gasteiger partial charge on any atom is -0.467 e. The second-order valence-electron chi connectivity index (χ2n) is 4.04. The fraction of sp³-hybridized carbons (Fsp3) is 0.545. The average Bonchev–Trinajstić information content (AvgIpc) is 2.84. The largest absolute Gasteiger partial charge is 0.467 e. The zero-order chi connectivity index (χ0) is 10.7. The van der Waals surface area contributed by atoms with E-state index in [1.54, 1.807) is 6.26 Å². The molecule has 2 N–H and O–H groups in total. The normalized spacial score (nSPS) is 25.4. The van der Waals surface area contributed by atoms with Crippen LogP contribution in [0.15, 0.2) is 22.8 Å². The summed E-state index contributed by atoms with van der Waals surface area (Å²) in [5, 5.41) is 6.10. The van der Waals surface area contributed by atoms with E-state index in [-0.39, 0.29) is 11.8 Å². The average molecular weight is 208 g/mol.